The molecule has 0 unspecified atom stereocenters. The van der Waals surface area contributed by atoms with Crippen molar-refractivity contribution in [1.82, 2.24) is 4.98 Å². The van der Waals surface area contributed by atoms with Crippen molar-refractivity contribution in [2.24, 2.45) is 0 Å². The molecule has 1 aromatic heterocycles. The lowest BCUT2D eigenvalue weighted by molar-refractivity contribution is 0.102. The molecule has 30 heavy (non-hydrogen) atoms. The predicted octanol–water partition coefficient (Wildman–Crippen LogP) is 6.07. The van der Waals surface area contributed by atoms with Gasteiger partial charge in [0.15, 0.2) is 5.58 Å². The number of aromatic nitrogens is 1. The van der Waals surface area contributed by atoms with Gasteiger partial charge < -0.3 is 14.5 Å². The molecule has 6 heteroatoms. The van der Waals surface area contributed by atoms with Gasteiger partial charge in [-0.2, -0.15) is 0 Å². The number of benzene rings is 3. The Morgan fingerprint density at radius 2 is 1.97 bits per heavy atom. The van der Waals surface area contributed by atoms with Crippen LogP contribution in [0.2, 0.25) is 0 Å². The number of anilines is 1. The largest absolute Gasteiger partial charge is 0.494 e. The van der Waals surface area contributed by atoms with Gasteiger partial charge in [-0.15, -0.1) is 0 Å². The Morgan fingerprint density at radius 3 is 2.80 bits per heavy atom. The van der Waals surface area contributed by atoms with Crippen LogP contribution in [0.4, 0.5) is 10.1 Å². The number of carbonyl (C=O) groups excluding carboxylic acids is 1. The number of unbranched alkanes of at least 4 members (excludes halogenated alkanes) is 1. The van der Waals surface area contributed by atoms with Crippen LogP contribution in [0.15, 0.2) is 71.1 Å². The van der Waals surface area contributed by atoms with Crippen molar-refractivity contribution in [3.63, 3.8) is 0 Å². The van der Waals surface area contributed by atoms with Gasteiger partial charge in [-0.25, -0.2) is 9.37 Å². The number of carbonyl (C=O) groups is 1. The van der Waals surface area contributed by atoms with Crippen molar-refractivity contribution in [3.05, 3.63) is 78.1 Å². The summed E-state index contributed by atoms with van der Waals surface area (Å²) in [6.45, 7) is 2.72. The van der Waals surface area contributed by atoms with E-state index in [1.807, 2.05) is 6.07 Å². The number of nitrogens with one attached hydrogen (secondary N) is 1. The monoisotopic (exact) mass is 404 g/mol. The first-order chi connectivity index (χ1) is 14.6. The second kappa shape index (κ2) is 8.78. The van der Waals surface area contributed by atoms with Crippen LogP contribution in [0.3, 0.4) is 0 Å². The lowest BCUT2D eigenvalue weighted by atomic mass is 10.2. The van der Waals surface area contributed by atoms with Crippen molar-refractivity contribution in [2.45, 2.75) is 19.8 Å². The van der Waals surface area contributed by atoms with E-state index in [0.717, 1.165) is 12.8 Å². The molecule has 0 fully saturated rings. The fraction of sp³-hybridized carbons (Fsp3) is 0.167. The summed E-state index contributed by atoms with van der Waals surface area (Å²) in [6.07, 6.45) is 2.01. The molecule has 0 aliphatic heterocycles. The predicted molar refractivity (Wildman–Crippen MR) is 114 cm³/mol. The molecule has 4 rings (SSSR count). The van der Waals surface area contributed by atoms with Crippen LogP contribution < -0.4 is 10.1 Å². The molecule has 0 radical (unpaired) electrons. The average molecular weight is 404 g/mol. The smallest absolute Gasteiger partial charge is 0.255 e. The second-order valence-corrected chi connectivity index (χ2v) is 6.87. The average Bonchev–Trinajstić information content (AvgIpc) is 3.17. The molecule has 0 bridgehead atoms. The summed E-state index contributed by atoms with van der Waals surface area (Å²) in [7, 11) is 0. The fourth-order valence-corrected chi connectivity index (χ4v) is 3.02. The van der Waals surface area contributed by atoms with E-state index in [4.69, 9.17) is 9.15 Å². The van der Waals surface area contributed by atoms with Crippen molar-refractivity contribution in [3.8, 4) is 17.2 Å². The molecular weight excluding hydrogens is 383 g/mol. The Balaban J connectivity index is 1.52. The molecule has 0 aliphatic rings. The molecule has 1 heterocycles. The van der Waals surface area contributed by atoms with Crippen LogP contribution in [0, 0.1) is 5.82 Å². The Labute approximate surface area is 173 Å². The number of amides is 1. The number of hydrogen-bond acceptors (Lipinski definition) is 4. The molecule has 1 amide bonds. The third-order valence-electron chi connectivity index (χ3n) is 4.61. The van der Waals surface area contributed by atoms with E-state index in [0.29, 0.717) is 40.3 Å². The zero-order valence-electron chi connectivity index (χ0n) is 16.5. The quantitative estimate of drug-likeness (QED) is 0.380. The minimum absolute atomic E-state index is 0.198. The Kier molecular flexibility index (Phi) is 5.75. The van der Waals surface area contributed by atoms with E-state index in [1.165, 1.54) is 6.07 Å². The molecule has 1 N–H and O–H groups in total. The topological polar surface area (TPSA) is 64.4 Å². The Hall–Kier alpha value is -3.67. The van der Waals surface area contributed by atoms with E-state index in [9.17, 15) is 9.18 Å². The van der Waals surface area contributed by atoms with Crippen LogP contribution in [-0.2, 0) is 0 Å². The summed E-state index contributed by atoms with van der Waals surface area (Å²) in [4.78, 5) is 17.0. The van der Waals surface area contributed by atoms with E-state index in [2.05, 4.69) is 17.2 Å². The van der Waals surface area contributed by atoms with Crippen molar-refractivity contribution < 1.29 is 18.3 Å². The van der Waals surface area contributed by atoms with Gasteiger partial charge in [-0.1, -0.05) is 31.5 Å². The van der Waals surface area contributed by atoms with Crippen molar-refractivity contribution >= 4 is 22.7 Å². The summed E-state index contributed by atoms with van der Waals surface area (Å²) in [5.41, 5.74) is 2.40. The second-order valence-electron chi connectivity index (χ2n) is 6.87. The van der Waals surface area contributed by atoms with Gasteiger partial charge in [-0.05, 0) is 55.0 Å². The zero-order chi connectivity index (χ0) is 20.9. The van der Waals surface area contributed by atoms with Gasteiger partial charge in [0.25, 0.3) is 5.91 Å². The molecule has 3 aromatic carbocycles. The van der Waals surface area contributed by atoms with Crippen LogP contribution in [0.5, 0.6) is 5.75 Å². The van der Waals surface area contributed by atoms with Gasteiger partial charge >= 0.3 is 0 Å². The van der Waals surface area contributed by atoms with Crippen LogP contribution in [0.1, 0.15) is 30.1 Å². The Bertz CT molecular complexity index is 1190. The SMILES string of the molecule is CCCCOc1cccc(C(=O)Nc2ccc3oc(-c4ccccc4F)nc3c2)c1. The van der Waals surface area contributed by atoms with Crippen molar-refractivity contribution in [2.75, 3.05) is 11.9 Å². The number of oxazole rings is 1. The molecule has 0 saturated carbocycles. The highest BCUT2D eigenvalue weighted by Crippen LogP contribution is 2.28. The first-order valence-electron chi connectivity index (χ1n) is 9.84. The number of rotatable bonds is 7. The number of nitrogens with zero attached hydrogens (tertiary/aromatic N) is 1. The first-order valence-corrected chi connectivity index (χ1v) is 9.84. The van der Waals surface area contributed by atoms with E-state index in [-0.39, 0.29) is 11.8 Å². The van der Waals surface area contributed by atoms with E-state index < -0.39 is 5.82 Å². The molecule has 5 nitrogen and oxygen atoms in total. The van der Waals surface area contributed by atoms with E-state index in [1.54, 1.807) is 54.6 Å². The van der Waals surface area contributed by atoms with Gasteiger partial charge in [-0.3, -0.25) is 4.79 Å². The number of ether oxygens (including phenoxy) is 1. The zero-order valence-corrected chi connectivity index (χ0v) is 16.5. The molecule has 152 valence electrons. The van der Waals surface area contributed by atoms with Gasteiger partial charge in [0.2, 0.25) is 5.89 Å². The van der Waals surface area contributed by atoms with Gasteiger partial charge in [0, 0.05) is 11.3 Å². The molecule has 0 atom stereocenters. The minimum atomic E-state index is -0.404. The Morgan fingerprint density at radius 1 is 1.10 bits per heavy atom. The lowest BCUT2D eigenvalue weighted by Crippen LogP contribution is -2.12. The first kappa shape index (κ1) is 19.6. The maximum atomic E-state index is 14.0. The summed E-state index contributed by atoms with van der Waals surface area (Å²) in [5.74, 6) is 0.202. The van der Waals surface area contributed by atoms with E-state index >= 15 is 0 Å². The number of fused-ring (bicyclic) bond motifs is 1. The highest BCUT2D eigenvalue weighted by atomic mass is 19.1. The number of halogens is 1. The highest BCUT2D eigenvalue weighted by molar-refractivity contribution is 6.05. The third-order valence-corrected chi connectivity index (χ3v) is 4.61. The van der Waals surface area contributed by atoms with Crippen molar-refractivity contribution in [1.29, 1.82) is 0 Å². The lowest BCUT2D eigenvalue weighted by Gasteiger charge is -2.08. The molecule has 0 aliphatic carbocycles. The summed E-state index contributed by atoms with van der Waals surface area (Å²) in [6, 6.07) is 18.5. The number of hydrogen-bond donors (Lipinski definition) is 1. The third kappa shape index (κ3) is 4.33. The molecule has 0 spiro atoms. The molecular formula is C24H21FN2O3. The highest BCUT2D eigenvalue weighted by Gasteiger charge is 2.13. The van der Waals surface area contributed by atoms with Crippen LogP contribution in [-0.4, -0.2) is 17.5 Å². The van der Waals surface area contributed by atoms with Crippen LogP contribution >= 0.6 is 0 Å². The normalized spacial score (nSPS) is 10.9. The molecule has 0 saturated heterocycles. The van der Waals surface area contributed by atoms with Gasteiger partial charge in [0.1, 0.15) is 17.1 Å². The van der Waals surface area contributed by atoms with Gasteiger partial charge in [0.05, 0.1) is 12.2 Å². The maximum absolute atomic E-state index is 14.0. The summed E-state index contributed by atoms with van der Waals surface area (Å²) >= 11 is 0. The fourth-order valence-electron chi connectivity index (χ4n) is 3.02. The standard InChI is InChI=1S/C24H21FN2O3/c1-2-3-13-29-18-8-6-7-16(14-18)23(28)26-17-11-12-22-21(15-17)27-24(30-22)19-9-4-5-10-20(19)25/h4-12,14-15H,2-3,13H2,1H3,(H,26,28). The molecule has 4 aromatic rings. The summed E-state index contributed by atoms with van der Waals surface area (Å²) in [5, 5.41) is 2.86. The van der Waals surface area contributed by atoms with Crippen LogP contribution in [0.25, 0.3) is 22.6 Å². The minimum Gasteiger partial charge on any atom is -0.494 e. The summed E-state index contributed by atoms with van der Waals surface area (Å²) < 4.78 is 25.3. The maximum Gasteiger partial charge on any atom is 0.255 e.